The smallest absolute Gasteiger partial charge is 0.415 e. The molecule has 0 spiro atoms. The van der Waals surface area contributed by atoms with Gasteiger partial charge in [-0.25, -0.2) is 19.4 Å². The quantitative estimate of drug-likeness (QED) is 0.664. The SMILES string of the molecule is C[C@@H]1CCCCN1C(=O)c1cnc2c(cnn2-c2ccc(N3CCOC3=O)nc2)c1. The van der Waals surface area contributed by atoms with Crippen LogP contribution < -0.4 is 4.90 Å². The Balaban J connectivity index is 1.41. The number of cyclic esters (lactones) is 1. The van der Waals surface area contributed by atoms with Gasteiger partial charge in [0.05, 0.1) is 30.2 Å². The normalized spacial score (nSPS) is 19.4. The lowest BCUT2D eigenvalue weighted by molar-refractivity contribution is 0.0635. The van der Waals surface area contributed by atoms with Crippen molar-refractivity contribution in [2.75, 3.05) is 24.6 Å². The second kappa shape index (κ2) is 7.40. The van der Waals surface area contributed by atoms with Gasteiger partial charge in [0.2, 0.25) is 0 Å². The van der Waals surface area contributed by atoms with Crippen LogP contribution in [0, 0.1) is 0 Å². The molecule has 0 radical (unpaired) electrons. The monoisotopic (exact) mass is 406 g/mol. The Bertz CT molecular complexity index is 1110. The first kappa shape index (κ1) is 18.5. The van der Waals surface area contributed by atoms with Crippen molar-refractivity contribution in [1.82, 2.24) is 24.6 Å². The molecule has 2 aliphatic heterocycles. The van der Waals surface area contributed by atoms with E-state index in [4.69, 9.17) is 4.74 Å². The van der Waals surface area contributed by atoms with Crippen LogP contribution in [-0.4, -0.2) is 62.4 Å². The van der Waals surface area contributed by atoms with Gasteiger partial charge in [-0.1, -0.05) is 0 Å². The van der Waals surface area contributed by atoms with Crippen molar-refractivity contribution in [1.29, 1.82) is 0 Å². The molecular formula is C21H22N6O3. The average molecular weight is 406 g/mol. The lowest BCUT2D eigenvalue weighted by Crippen LogP contribution is -2.42. The molecule has 2 amide bonds. The number of fused-ring (bicyclic) bond motifs is 1. The Hall–Kier alpha value is -3.49. The van der Waals surface area contributed by atoms with Crippen LogP contribution in [0.1, 0.15) is 36.5 Å². The maximum atomic E-state index is 12.9. The first-order valence-electron chi connectivity index (χ1n) is 10.2. The molecule has 2 saturated heterocycles. The molecule has 0 saturated carbocycles. The maximum Gasteiger partial charge on any atom is 0.415 e. The average Bonchev–Trinajstić information content (AvgIpc) is 3.39. The first-order valence-corrected chi connectivity index (χ1v) is 10.2. The molecule has 1 atom stereocenters. The van der Waals surface area contributed by atoms with Gasteiger partial charge >= 0.3 is 6.09 Å². The molecule has 5 rings (SSSR count). The fourth-order valence-corrected chi connectivity index (χ4v) is 4.06. The summed E-state index contributed by atoms with van der Waals surface area (Å²) in [7, 11) is 0. The summed E-state index contributed by atoms with van der Waals surface area (Å²) in [4.78, 5) is 36.9. The highest BCUT2D eigenvalue weighted by Crippen LogP contribution is 2.23. The minimum Gasteiger partial charge on any atom is -0.447 e. The molecule has 0 aliphatic carbocycles. The van der Waals surface area contributed by atoms with E-state index >= 15 is 0 Å². The third-order valence-corrected chi connectivity index (χ3v) is 5.73. The molecule has 5 heterocycles. The van der Waals surface area contributed by atoms with Crippen molar-refractivity contribution in [2.45, 2.75) is 32.2 Å². The summed E-state index contributed by atoms with van der Waals surface area (Å²) in [6.07, 6.45) is 7.82. The molecule has 9 heteroatoms. The summed E-state index contributed by atoms with van der Waals surface area (Å²) < 4.78 is 6.62. The van der Waals surface area contributed by atoms with Crippen LogP contribution in [0.2, 0.25) is 0 Å². The summed E-state index contributed by atoms with van der Waals surface area (Å²) in [6, 6.07) is 5.68. The van der Waals surface area contributed by atoms with Crippen LogP contribution in [-0.2, 0) is 4.74 Å². The van der Waals surface area contributed by atoms with E-state index < -0.39 is 0 Å². The highest BCUT2D eigenvalue weighted by molar-refractivity contribution is 5.97. The van der Waals surface area contributed by atoms with Gasteiger partial charge in [-0.3, -0.25) is 9.69 Å². The number of carbonyl (C=O) groups excluding carboxylic acids is 2. The fraction of sp³-hybridized carbons (Fsp3) is 0.381. The van der Waals surface area contributed by atoms with Gasteiger partial charge in [0.25, 0.3) is 5.91 Å². The molecule has 0 bridgehead atoms. The van der Waals surface area contributed by atoms with Gasteiger partial charge in [-0.15, -0.1) is 0 Å². The lowest BCUT2D eigenvalue weighted by atomic mass is 10.0. The number of nitrogens with zero attached hydrogens (tertiary/aromatic N) is 6. The highest BCUT2D eigenvalue weighted by Gasteiger charge is 2.26. The van der Waals surface area contributed by atoms with Gasteiger partial charge in [0.1, 0.15) is 12.4 Å². The van der Waals surface area contributed by atoms with E-state index in [1.54, 1.807) is 29.3 Å². The molecular weight excluding hydrogens is 384 g/mol. The first-order chi connectivity index (χ1) is 14.6. The number of ether oxygens (including phenoxy) is 1. The Kier molecular flexibility index (Phi) is 4.57. The topological polar surface area (TPSA) is 93.5 Å². The molecule has 154 valence electrons. The third kappa shape index (κ3) is 3.16. The minimum absolute atomic E-state index is 0.0212. The summed E-state index contributed by atoms with van der Waals surface area (Å²) in [5.74, 6) is 0.557. The van der Waals surface area contributed by atoms with E-state index in [0.29, 0.717) is 30.2 Å². The number of amides is 2. The van der Waals surface area contributed by atoms with Crippen molar-refractivity contribution in [3.63, 3.8) is 0 Å². The fourth-order valence-electron chi connectivity index (χ4n) is 4.06. The van der Waals surface area contributed by atoms with Crippen LogP contribution >= 0.6 is 0 Å². The highest BCUT2D eigenvalue weighted by atomic mass is 16.6. The number of likely N-dealkylation sites (tertiary alicyclic amines) is 1. The molecule has 0 unspecified atom stereocenters. The third-order valence-electron chi connectivity index (χ3n) is 5.73. The number of piperidine rings is 1. The van der Waals surface area contributed by atoms with Crippen molar-refractivity contribution in [2.24, 2.45) is 0 Å². The maximum absolute atomic E-state index is 12.9. The predicted octanol–water partition coefficient (Wildman–Crippen LogP) is 2.79. The molecule has 2 aliphatic rings. The van der Waals surface area contributed by atoms with Gasteiger partial charge in [0.15, 0.2) is 5.65 Å². The molecule has 30 heavy (non-hydrogen) atoms. The molecule has 2 fully saturated rings. The summed E-state index contributed by atoms with van der Waals surface area (Å²) in [5.41, 5.74) is 1.95. The number of hydrogen-bond donors (Lipinski definition) is 0. The van der Waals surface area contributed by atoms with Gasteiger partial charge < -0.3 is 9.64 Å². The van der Waals surface area contributed by atoms with Crippen LogP contribution in [0.5, 0.6) is 0 Å². The molecule has 3 aromatic rings. The van der Waals surface area contributed by atoms with Gasteiger partial charge in [-0.2, -0.15) is 5.10 Å². The lowest BCUT2D eigenvalue weighted by Gasteiger charge is -2.33. The minimum atomic E-state index is -0.387. The van der Waals surface area contributed by atoms with Crippen molar-refractivity contribution in [3.05, 3.63) is 42.4 Å². The van der Waals surface area contributed by atoms with Crippen molar-refractivity contribution in [3.8, 4) is 5.69 Å². The Morgan fingerprint density at radius 2 is 2.03 bits per heavy atom. The van der Waals surface area contributed by atoms with Gasteiger partial charge in [0, 0.05) is 24.2 Å². The number of pyridine rings is 2. The summed E-state index contributed by atoms with van der Waals surface area (Å²) >= 11 is 0. The largest absolute Gasteiger partial charge is 0.447 e. The number of anilines is 1. The van der Waals surface area contributed by atoms with E-state index in [1.165, 1.54) is 11.3 Å². The number of rotatable bonds is 3. The van der Waals surface area contributed by atoms with E-state index in [2.05, 4.69) is 22.0 Å². The zero-order valence-electron chi connectivity index (χ0n) is 16.7. The standard InChI is InChI=1S/C21H22N6O3/c1-14-4-2-3-7-25(14)20(28)16-10-15-12-24-27(19(15)23-11-16)17-5-6-18(22-13-17)26-8-9-30-21(26)29/h5-6,10-14H,2-4,7-9H2,1H3/t14-/m1/s1. The number of carbonyl (C=O) groups is 2. The van der Waals surface area contributed by atoms with Gasteiger partial charge in [-0.05, 0) is 44.4 Å². The van der Waals surface area contributed by atoms with Crippen LogP contribution in [0.3, 0.4) is 0 Å². The number of hydrogen-bond acceptors (Lipinski definition) is 6. The van der Waals surface area contributed by atoms with E-state index in [1.807, 2.05) is 17.0 Å². The summed E-state index contributed by atoms with van der Waals surface area (Å²) in [6.45, 7) is 3.75. The molecule has 0 N–H and O–H groups in total. The van der Waals surface area contributed by atoms with Crippen molar-refractivity contribution < 1.29 is 14.3 Å². The van der Waals surface area contributed by atoms with Crippen LogP contribution in [0.15, 0.2) is 36.8 Å². The zero-order chi connectivity index (χ0) is 20.7. The zero-order valence-corrected chi connectivity index (χ0v) is 16.7. The Morgan fingerprint density at radius 3 is 2.77 bits per heavy atom. The molecule has 3 aromatic heterocycles. The predicted molar refractivity (Wildman–Crippen MR) is 110 cm³/mol. The van der Waals surface area contributed by atoms with E-state index in [-0.39, 0.29) is 18.0 Å². The van der Waals surface area contributed by atoms with E-state index in [0.717, 1.165) is 30.5 Å². The Morgan fingerprint density at radius 1 is 1.13 bits per heavy atom. The van der Waals surface area contributed by atoms with Crippen LogP contribution in [0.25, 0.3) is 16.7 Å². The van der Waals surface area contributed by atoms with E-state index in [9.17, 15) is 9.59 Å². The number of aromatic nitrogens is 4. The van der Waals surface area contributed by atoms with Crippen LogP contribution in [0.4, 0.5) is 10.6 Å². The molecule has 0 aromatic carbocycles. The summed E-state index contributed by atoms with van der Waals surface area (Å²) in [5, 5.41) is 5.21. The molecule has 9 nitrogen and oxygen atoms in total. The van der Waals surface area contributed by atoms with Crippen molar-refractivity contribution >= 4 is 28.9 Å². The second-order valence-corrected chi connectivity index (χ2v) is 7.68. The Labute approximate surface area is 173 Å². The second-order valence-electron chi connectivity index (χ2n) is 7.68.